The maximum absolute atomic E-state index is 12.1. The first-order chi connectivity index (χ1) is 9.44. The van der Waals surface area contributed by atoms with Gasteiger partial charge in [0, 0.05) is 19.0 Å². The summed E-state index contributed by atoms with van der Waals surface area (Å²) in [6.07, 6.45) is 3.37. The van der Waals surface area contributed by atoms with Crippen LogP contribution in [-0.2, 0) is 9.59 Å². The van der Waals surface area contributed by atoms with Crippen molar-refractivity contribution in [3.63, 3.8) is 0 Å². The van der Waals surface area contributed by atoms with Crippen molar-refractivity contribution < 1.29 is 9.59 Å². The zero-order valence-electron chi connectivity index (χ0n) is 13.4. The third-order valence-electron chi connectivity index (χ3n) is 3.44. The smallest absolute Gasteiger partial charge is 0.239 e. The average Bonchev–Trinajstić information content (AvgIpc) is 2.39. The SMILES string of the molecule is CCC(CCN)CCC(=O)N(CC)CC(=O)NC(C)C. The van der Waals surface area contributed by atoms with Gasteiger partial charge >= 0.3 is 0 Å². The molecule has 1 atom stereocenters. The highest BCUT2D eigenvalue weighted by molar-refractivity contribution is 5.84. The third-order valence-corrected chi connectivity index (χ3v) is 3.44. The highest BCUT2D eigenvalue weighted by Gasteiger charge is 2.17. The predicted molar refractivity (Wildman–Crippen MR) is 82.2 cm³/mol. The number of nitrogens with two attached hydrogens (primary N) is 1. The quantitative estimate of drug-likeness (QED) is 0.639. The van der Waals surface area contributed by atoms with Gasteiger partial charge in [0.1, 0.15) is 0 Å². The molecule has 0 aliphatic carbocycles. The minimum absolute atomic E-state index is 0.0573. The summed E-state index contributed by atoms with van der Waals surface area (Å²) in [6, 6.07) is 0.102. The Balaban J connectivity index is 4.23. The Kier molecular flexibility index (Phi) is 10.1. The van der Waals surface area contributed by atoms with Crippen LogP contribution in [-0.4, -0.2) is 42.4 Å². The molecule has 0 heterocycles. The number of carbonyl (C=O) groups is 2. The van der Waals surface area contributed by atoms with Gasteiger partial charge in [-0.05, 0) is 46.1 Å². The fourth-order valence-electron chi connectivity index (χ4n) is 2.19. The molecule has 20 heavy (non-hydrogen) atoms. The van der Waals surface area contributed by atoms with Gasteiger partial charge in [0.05, 0.1) is 6.54 Å². The number of hydrogen-bond donors (Lipinski definition) is 2. The van der Waals surface area contributed by atoms with E-state index in [0.717, 1.165) is 19.3 Å². The average molecular weight is 285 g/mol. The molecule has 0 aliphatic heterocycles. The topological polar surface area (TPSA) is 75.4 Å². The molecule has 0 bridgehead atoms. The van der Waals surface area contributed by atoms with Gasteiger partial charge in [-0.1, -0.05) is 13.3 Å². The summed E-state index contributed by atoms with van der Waals surface area (Å²) in [6.45, 7) is 9.24. The second-order valence-electron chi connectivity index (χ2n) is 5.52. The van der Waals surface area contributed by atoms with E-state index in [1.165, 1.54) is 0 Å². The number of nitrogens with zero attached hydrogens (tertiary/aromatic N) is 1. The minimum Gasteiger partial charge on any atom is -0.352 e. The second-order valence-corrected chi connectivity index (χ2v) is 5.52. The monoisotopic (exact) mass is 285 g/mol. The first-order valence-corrected chi connectivity index (χ1v) is 7.71. The summed E-state index contributed by atoms with van der Waals surface area (Å²) in [4.78, 5) is 25.5. The summed E-state index contributed by atoms with van der Waals surface area (Å²) in [5.74, 6) is 0.471. The largest absolute Gasteiger partial charge is 0.352 e. The number of rotatable bonds is 10. The molecule has 0 radical (unpaired) electrons. The maximum atomic E-state index is 12.1. The molecule has 0 aliphatic rings. The van der Waals surface area contributed by atoms with E-state index in [9.17, 15) is 9.59 Å². The van der Waals surface area contributed by atoms with E-state index in [1.54, 1.807) is 4.90 Å². The van der Waals surface area contributed by atoms with Gasteiger partial charge in [-0.3, -0.25) is 9.59 Å². The van der Waals surface area contributed by atoms with E-state index in [0.29, 0.717) is 25.4 Å². The Morgan fingerprint density at radius 1 is 1.20 bits per heavy atom. The van der Waals surface area contributed by atoms with Crippen LogP contribution < -0.4 is 11.1 Å². The zero-order chi connectivity index (χ0) is 15.5. The van der Waals surface area contributed by atoms with E-state index in [-0.39, 0.29) is 24.4 Å². The van der Waals surface area contributed by atoms with Crippen molar-refractivity contribution in [1.29, 1.82) is 0 Å². The Labute approximate surface area is 123 Å². The molecule has 0 saturated heterocycles. The first-order valence-electron chi connectivity index (χ1n) is 7.71. The van der Waals surface area contributed by atoms with E-state index in [2.05, 4.69) is 12.2 Å². The van der Waals surface area contributed by atoms with Gasteiger partial charge in [-0.2, -0.15) is 0 Å². The lowest BCUT2D eigenvalue weighted by Gasteiger charge is -2.22. The van der Waals surface area contributed by atoms with Crippen LogP contribution in [0.15, 0.2) is 0 Å². The summed E-state index contributed by atoms with van der Waals surface area (Å²) in [7, 11) is 0. The molecule has 0 fully saturated rings. The first kappa shape index (κ1) is 18.9. The van der Waals surface area contributed by atoms with Crippen LogP contribution in [0.2, 0.25) is 0 Å². The molecular formula is C15H31N3O2. The van der Waals surface area contributed by atoms with Crippen LogP contribution >= 0.6 is 0 Å². The lowest BCUT2D eigenvalue weighted by molar-refractivity contribution is -0.136. The van der Waals surface area contributed by atoms with Crippen molar-refractivity contribution in [3.05, 3.63) is 0 Å². The van der Waals surface area contributed by atoms with Crippen molar-refractivity contribution in [2.75, 3.05) is 19.6 Å². The highest BCUT2D eigenvalue weighted by atomic mass is 16.2. The maximum Gasteiger partial charge on any atom is 0.239 e. The van der Waals surface area contributed by atoms with Crippen molar-refractivity contribution in [3.8, 4) is 0 Å². The number of hydrogen-bond acceptors (Lipinski definition) is 3. The van der Waals surface area contributed by atoms with E-state index in [1.807, 2.05) is 20.8 Å². The summed E-state index contributed by atoms with van der Waals surface area (Å²) in [5.41, 5.74) is 5.56. The van der Waals surface area contributed by atoms with Crippen LogP contribution in [0.3, 0.4) is 0 Å². The van der Waals surface area contributed by atoms with Crippen molar-refractivity contribution in [2.45, 2.75) is 59.4 Å². The van der Waals surface area contributed by atoms with Gasteiger partial charge in [0.25, 0.3) is 0 Å². The van der Waals surface area contributed by atoms with E-state index >= 15 is 0 Å². The highest BCUT2D eigenvalue weighted by Crippen LogP contribution is 2.15. The molecule has 5 nitrogen and oxygen atoms in total. The fraction of sp³-hybridized carbons (Fsp3) is 0.867. The van der Waals surface area contributed by atoms with Gasteiger partial charge in [-0.25, -0.2) is 0 Å². The van der Waals surface area contributed by atoms with Gasteiger partial charge in [-0.15, -0.1) is 0 Å². The molecule has 5 heteroatoms. The predicted octanol–water partition coefficient (Wildman–Crippen LogP) is 1.51. The number of amides is 2. The second kappa shape index (κ2) is 10.7. The third kappa shape index (κ3) is 8.15. The number of carbonyl (C=O) groups excluding carboxylic acids is 2. The van der Waals surface area contributed by atoms with Crippen molar-refractivity contribution in [1.82, 2.24) is 10.2 Å². The summed E-state index contributed by atoms with van der Waals surface area (Å²) in [5, 5.41) is 2.81. The van der Waals surface area contributed by atoms with Gasteiger partial charge in [0.2, 0.25) is 11.8 Å². The molecule has 0 aromatic heterocycles. The van der Waals surface area contributed by atoms with Gasteiger partial charge in [0.15, 0.2) is 0 Å². The zero-order valence-corrected chi connectivity index (χ0v) is 13.4. The Bertz CT molecular complexity index is 293. The van der Waals surface area contributed by atoms with Crippen LogP contribution in [0.1, 0.15) is 53.4 Å². The lowest BCUT2D eigenvalue weighted by atomic mass is 9.96. The van der Waals surface area contributed by atoms with Crippen molar-refractivity contribution in [2.24, 2.45) is 11.7 Å². The van der Waals surface area contributed by atoms with Gasteiger partial charge < -0.3 is 16.0 Å². The van der Waals surface area contributed by atoms with E-state index in [4.69, 9.17) is 5.73 Å². The standard InChI is InChI=1S/C15H31N3O2/c1-5-13(9-10-16)7-8-15(20)18(6-2)11-14(19)17-12(3)4/h12-13H,5-11,16H2,1-4H3,(H,17,19). The lowest BCUT2D eigenvalue weighted by Crippen LogP contribution is -2.42. The molecule has 1 unspecified atom stereocenters. The number of likely N-dealkylation sites (N-methyl/N-ethyl adjacent to an activating group) is 1. The molecule has 0 rings (SSSR count). The molecule has 0 aromatic rings. The molecule has 0 saturated carbocycles. The Morgan fingerprint density at radius 3 is 2.30 bits per heavy atom. The van der Waals surface area contributed by atoms with Crippen LogP contribution in [0, 0.1) is 5.92 Å². The van der Waals surface area contributed by atoms with Crippen molar-refractivity contribution >= 4 is 11.8 Å². The Hall–Kier alpha value is -1.10. The minimum atomic E-state index is -0.0933. The molecule has 0 spiro atoms. The Morgan fingerprint density at radius 2 is 1.85 bits per heavy atom. The summed E-state index contributed by atoms with van der Waals surface area (Å²) < 4.78 is 0. The molecule has 2 amide bonds. The molecule has 118 valence electrons. The number of nitrogens with one attached hydrogen (secondary N) is 1. The molecule has 0 aromatic carbocycles. The fourth-order valence-corrected chi connectivity index (χ4v) is 2.19. The molecular weight excluding hydrogens is 254 g/mol. The normalized spacial score (nSPS) is 12.3. The van der Waals surface area contributed by atoms with Crippen LogP contribution in [0.25, 0.3) is 0 Å². The van der Waals surface area contributed by atoms with Crippen LogP contribution in [0.5, 0.6) is 0 Å². The van der Waals surface area contributed by atoms with Crippen LogP contribution in [0.4, 0.5) is 0 Å². The molecule has 3 N–H and O–H groups in total. The summed E-state index contributed by atoms with van der Waals surface area (Å²) >= 11 is 0. The van der Waals surface area contributed by atoms with E-state index < -0.39 is 0 Å².